The normalized spacial score (nSPS) is 21.3. The van der Waals surface area contributed by atoms with Crippen LogP contribution in [0.4, 0.5) is 0 Å². The number of fused-ring (bicyclic) bond motifs is 8. The number of carbonyl (C=O) groups excluding carboxylic acids is 7. The van der Waals surface area contributed by atoms with Gasteiger partial charge in [0.1, 0.15) is 34.7 Å². The van der Waals surface area contributed by atoms with Gasteiger partial charge in [0.2, 0.25) is 22.8 Å². The van der Waals surface area contributed by atoms with Gasteiger partial charge in [0, 0.05) is 111 Å². The molecule has 6 unspecified atom stereocenters. The first-order valence-corrected chi connectivity index (χ1v) is 35.6. The molecule has 4 aromatic carbocycles. The number of carbonyl (C=O) groups is 7. The predicted octanol–water partition coefficient (Wildman–Crippen LogP) is 15.4. The number of thioether (sulfide) groups is 2. The number of allylic oxidation sites excluding steroid dienone is 8. The summed E-state index contributed by atoms with van der Waals surface area (Å²) in [4.78, 5) is 90.3. The van der Waals surface area contributed by atoms with Crippen molar-refractivity contribution in [3.05, 3.63) is 252 Å². The quantitative estimate of drug-likeness (QED) is 0.0527. The number of halogens is 2. The zero-order valence-electron chi connectivity index (χ0n) is 60.8. The van der Waals surface area contributed by atoms with Crippen molar-refractivity contribution in [3.8, 4) is 0 Å². The smallest absolute Gasteiger partial charge is 0.282 e. The van der Waals surface area contributed by atoms with E-state index in [1.807, 2.05) is 108 Å². The maximum Gasteiger partial charge on any atom is 0.282 e. The molecule has 0 aromatic heterocycles. The first kappa shape index (κ1) is 88.1. The Morgan fingerprint density at radius 3 is 1.28 bits per heavy atom. The van der Waals surface area contributed by atoms with Crippen molar-refractivity contribution in [1.82, 2.24) is 9.80 Å². The van der Waals surface area contributed by atoms with Crippen LogP contribution >= 0.6 is 46.7 Å². The summed E-state index contributed by atoms with van der Waals surface area (Å²) >= 11 is 15.8. The number of esters is 2. The summed E-state index contributed by atoms with van der Waals surface area (Å²) in [5.41, 5.74) is 14.1. The number of ketones is 2. The Morgan fingerprint density at radius 2 is 0.914 bits per heavy atom. The van der Waals surface area contributed by atoms with E-state index in [0.29, 0.717) is 47.0 Å². The Kier molecular flexibility index (Phi) is 34.4. The van der Waals surface area contributed by atoms with Crippen LogP contribution in [0.5, 0.6) is 0 Å². The third kappa shape index (κ3) is 20.2. The fourth-order valence-corrected chi connectivity index (χ4v) is 16.0. The Bertz CT molecular complexity index is 4130. The Labute approximate surface area is 658 Å². The molecule has 14 rings (SSSR count). The molecule has 0 bridgehead atoms. The number of hydrogen-bond acceptors (Lipinski definition) is 17. The number of rotatable bonds is 8. The van der Waals surface area contributed by atoms with Crippen molar-refractivity contribution in [2.45, 2.75) is 148 Å². The van der Waals surface area contributed by atoms with Crippen LogP contribution in [0.25, 0.3) is 0 Å². The molecule has 2 saturated carbocycles. The number of imide groups is 1. The van der Waals surface area contributed by atoms with E-state index in [1.54, 1.807) is 66.5 Å². The fourth-order valence-electron chi connectivity index (χ4n) is 12.8. The second kappa shape index (κ2) is 41.0. The maximum absolute atomic E-state index is 12.3. The summed E-state index contributed by atoms with van der Waals surface area (Å²) < 4.78 is 25.6. The van der Waals surface area contributed by atoms with E-state index >= 15 is 0 Å². The van der Waals surface area contributed by atoms with Gasteiger partial charge in [-0.15, -0.1) is 9.39 Å². The van der Waals surface area contributed by atoms with Gasteiger partial charge in [-0.05, 0) is 150 Å². The third-order valence-corrected chi connectivity index (χ3v) is 21.1. The number of methoxy groups -OCH3 is 2. The van der Waals surface area contributed by atoms with Crippen molar-refractivity contribution in [3.63, 3.8) is 0 Å². The Balaban J connectivity index is 0.000000243. The van der Waals surface area contributed by atoms with Crippen LogP contribution in [0.2, 0.25) is 10.0 Å². The van der Waals surface area contributed by atoms with Gasteiger partial charge in [0.05, 0.1) is 55.4 Å². The number of Topliss-reactive ketones (excluding diaryl/α,β-unsaturated/α-hetero) is 2. The monoisotopic (exact) mass is 1580 g/mol. The van der Waals surface area contributed by atoms with E-state index in [-0.39, 0.29) is 115 Å². The van der Waals surface area contributed by atoms with E-state index in [4.69, 9.17) is 23.2 Å². The van der Waals surface area contributed by atoms with Crippen molar-refractivity contribution >= 4 is 111 Å². The summed E-state index contributed by atoms with van der Waals surface area (Å²) in [6.45, 7) is 30.7. The topological polar surface area (TPSA) is 224 Å². The average Bonchev–Trinajstić information content (AvgIpc) is 1.61. The number of hydrogen-bond donors (Lipinski definition) is 0. The largest absolute Gasteiger partial charge is 0.640 e. The minimum Gasteiger partial charge on any atom is -0.640 e. The fraction of sp³-hybridized carbons (Fsp3) is 0.321. The van der Waals surface area contributed by atoms with E-state index < -0.39 is 18.0 Å². The molecule has 0 saturated heterocycles. The molecule has 3 amide bonds. The summed E-state index contributed by atoms with van der Waals surface area (Å²) in [6, 6.07) is 28.7. The summed E-state index contributed by atoms with van der Waals surface area (Å²) in [5, 5.41) is 18.8. The van der Waals surface area contributed by atoms with Crippen LogP contribution < -0.4 is 0 Å². The van der Waals surface area contributed by atoms with Crippen molar-refractivity contribution in [2.24, 2.45) is 20.6 Å². The third-order valence-electron chi connectivity index (χ3n) is 17.8. The van der Waals surface area contributed by atoms with Gasteiger partial charge in [0.15, 0.2) is 23.0 Å². The molecule has 8 aliphatic heterocycles. The Morgan fingerprint density at radius 1 is 0.552 bits per heavy atom. The van der Waals surface area contributed by atoms with Crippen molar-refractivity contribution in [2.75, 3.05) is 14.2 Å². The molecule has 0 spiro atoms. The van der Waals surface area contributed by atoms with Gasteiger partial charge in [-0.25, -0.2) is 14.2 Å². The molecule has 21 nitrogen and oxygen atoms in total. The molecule has 8 heterocycles. The molecule has 10 aliphatic rings. The zero-order chi connectivity index (χ0) is 75.7. The summed E-state index contributed by atoms with van der Waals surface area (Å²) in [7, 11) is 15.5. The molecule has 2 aliphatic carbocycles. The van der Waals surface area contributed by atoms with Gasteiger partial charge >= 0.3 is 0 Å². The minimum atomic E-state index is -0.627. The van der Waals surface area contributed by atoms with Gasteiger partial charge < -0.3 is 37.7 Å². The van der Waals surface area contributed by atoms with Crippen LogP contribution in [0.3, 0.4) is 0 Å². The second-order valence-corrected chi connectivity index (χ2v) is 27.8. The van der Waals surface area contributed by atoms with Crippen LogP contribution in [-0.2, 0) is 81.8 Å². The summed E-state index contributed by atoms with van der Waals surface area (Å²) in [6.07, 6.45) is 7.54. The average molecular weight is 1580 g/mol. The predicted molar refractivity (Wildman–Crippen MR) is 402 cm³/mol. The van der Waals surface area contributed by atoms with Gasteiger partial charge in [-0.3, -0.25) is 38.5 Å². The molecule has 6 atom stereocenters. The summed E-state index contributed by atoms with van der Waals surface area (Å²) in [5.74, 6) is -1.51. The van der Waals surface area contributed by atoms with Crippen LogP contribution in [0.15, 0.2) is 187 Å². The van der Waals surface area contributed by atoms with Gasteiger partial charge in [-0.2, -0.15) is 37.2 Å². The molecule has 27 heteroatoms. The second-order valence-electron chi connectivity index (χ2n) is 24.3. The van der Waals surface area contributed by atoms with E-state index in [9.17, 15) is 33.6 Å². The van der Waals surface area contributed by atoms with E-state index in [0.717, 1.165) is 85.4 Å². The molecule has 2 fully saturated rings. The van der Waals surface area contributed by atoms with Crippen molar-refractivity contribution < 1.29 is 108 Å². The number of ether oxygens (including phenoxy) is 4. The molecule has 4 aromatic rings. The van der Waals surface area contributed by atoms with Gasteiger partial charge in [-0.1, -0.05) is 77.8 Å². The zero-order valence-corrected chi connectivity index (χ0v) is 66.7. The van der Waals surface area contributed by atoms with Crippen molar-refractivity contribution in [1.29, 1.82) is 0 Å². The first-order chi connectivity index (χ1) is 49.4. The maximum atomic E-state index is 12.3. The number of benzene rings is 4. The van der Waals surface area contributed by atoms with Crippen LogP contribution in [0, 0.1) is 42.3 Å². The van der Waals surface area contributed by atoms with E-state index in [2.05, 4.69) is 132 Å². The molecule has 2 radical (unpaired) electrons. The first-order valence-electron chi connectivity index (χ1n) is 33.0. The van der Waals surface area contributed by atoms with Gasteiger partial charge in [0.25, 0.3) is 52.5 Å². The SMILES string of the molecule is C=C1CCC(N2C(=O)c3ccccc3C2=O)C(=O)C1.C=C1CCC(N2Cc3ccccc3C2=O)C(=O)C1.[CH2-]C.[CH2-]C.[CH2-]OC.[CH2-]OC.[CH2-]OC(=O)CC1=CC(c2ccc(Cl)cc2)=[N+]2C(C)=C(C)SC2C2C(C)=NN=[N+]12.[CH2-]OC(=O)CC1=CC(c2ccc(Cl)cc2)=[N+]2C(C)=C(C)SC2C2C(C)=NN=[N+]12.[V].[V]. The standard InChI is InChI=1S/2C20H20ClN4O2S.C15H13NO3.C15H15NO2.2C2H5O.2C2H5.2V/c2*1-11-19-20-24(12(2)13(3)28-20)17(14-5-7-15(21)8-6-14)9-16(10-18(26)27-4)25(19)23-22-11;1-9-6-7-12(13(17)8-9)16-14(18)10-4-2-3-5-11(10)15(16)19;1-10-6-7-13(14(17)8-10)16-9-11-4-2-3-5-12(11)15(16)18;2*1-3-2;2*1-2;;/h2*5-9,19-20H,4,10H2,1-3H3;2-5,12H,1,6-8H2;2-5,13H,1,6-9H2;2*1H2,2H3;2*1H2,2H3;;/q2*+1;;;4*-1;;. The molecule has 554 valence electrons. The molecular formula is C78H88Cl2N10O11S2V2-2. The van der Waals surface area contributed by atoms with Crippen LogP contribution in [-0.4, -0.2) is 142 Å². The number of amides is 3. The van der Waals surface area contributed by atoms with Crippen LogP contribution in [0.1, 0.15) is 155 Å². The van der Waals surface area contributed by atoms with E-state index in [1.165, 1.54) is 35.4 Å². The minimum absolute atomic E-state index is 0. The molecule has 105 heavy (non-hydrogen) atoms. The number of nitrogens with zero attached hydrogens (tertiary/aromatic N) is 10. The molecule has 0 N–H and O–H groups in total. The Hall–Kier alpha value is -7.54. The molecular weight excluding hydrogens is 1490 g/mol.